The predicted octanol–water partition coefficient (Wildman–Crippen LogP) is 14.9. The molecule has 5 aliphatic rings. The molecule has 11 rings (SSSR count). The summed E-state index contributed by atoms with van der Waals surface area (Å²) in [4.78, 5) is 3.13. The normalized spacial score (nSPS) is 26.1. The van der Waals surface area contributed by atoms with Gasteiger partial charge in [0.05, 0.1) is 11.0 Å². The molecule has 1 aromatic heterocycles. The average Bonchev–Trinajstić information content (AvgIpc) is 3.78. The molecule has 6 aromatic rings. The number of fused-ring (bicyclic) bond motifs is 6. The van der Waals surface area contributed by atoms with E-state index in [0.29, 0.717) is 18.0 Å². The van der Waals surface area contributed by atoms with Crippen molar-refractivity contribution in [3.8, 4) is 27.9 Å². The van der Waals surface area contributed by atoms with Crippen LogP contribution < -0.4 is 4.90 Å². The maximum Gasteiger partial charge on any atom is 0.0561 e. The van der Waals surface area contributed by atoms with Crippen LogP contribution in [0.4, 0.5) is 5.69 Å². The number of hydrogen-bond acceptors (Lipinski definition) is 1. The summed E-state index contributed by atoms with van der Waals surface area (Å²) >= 11 is 0. The first-order valence-corrected chi connectivity index (χ1v) is 22.9. The van der Waals surface area contributed by atoms with E-state index in [9.17, 15) is 0 Å². The highest BCUT2D eigenvalue weighted by Crippen LogP contribution is 2.55. The Morgan fingerprint density at radius 1 is 0.411 bits per heavy atom. The maximum atomic E-state index is 3.13. The van der Waals surface area contributed by atoms with Gasteiger partial charge >= 0.3 is 0 Å². The highest BCUT2D eigenvalue weighted by atomic mass is 15.2. The first-order chi connectivity index (χ1) is 27.8. The maximum absolute atomic E-state index is 3.13. The van der Waals surface area contributed by atoms with Crippen LogP contribution in [0.5, 0.6) is 0 Å². The fraction of sp³-hybridized carbons (Fsp3) is 0.444. The Labute approximate surface area is 335 Å². The second kappa shape index (κ2) is 14.9. The lowest BCUT2D eigenvalue weighted by Crippen LogP contribution is -2.48. The summed E-state index contributed by atoms with van der Waals surface area (Å²) in [6.45, 7) is 0. The molecule has 286 valence electrons. The minimum atomic E-state index is 0.665. The Hall–Kier alpha value is -4.30. The van der Waals surface area contributed by atoms with Crippen LogP contribution in [0.25, 0.3) is 49.7 Å². The molecule has 2 heterocycles. The molecule has 5 atom stereocenters. The molecular formula is C54H60N2. The van der Waals surface area contributed by atoms with Gasteiger partial charge in [-0.1, -0.05) is 156 Å². The standard InChI is InChI=1S/C54H60N2/c1-5-17-37(18-6-1)41-29-42(38-19-7-2-8-20-38)32-45(31-41)55-51-27-15-13-25-47(51)49-35-50-48-26-14-16-28-52(48)56(54(50)36-53(49)55)46-33-43(39-21-9-3-10-22-39)30-44(34-46)40-23-11-4-12-24-40/h1-2,5-8,13,15,17-20,25,27,29,31-32,35-36,39-40,43-44,46,48,52H,3-4,9-12,14,16,21-24,26,28,30,33-34H2/t43-,44?,46?,48-,52?/m0/s1. The second-order valence-electron chi connectivity index (χ2n) is 18.8. The number of para-hydroxylation sites is 1. The summed E-state index contributed by atoms with van der Waals surface area (Å²) in [6.07, 6.45) is 24.6. The Morgan fingerprint density at radius 3 is 1.62 bits per heavy atom. The van der Waals surface area contributed by atoms with Gasteiger partial charge in [0.15, 0.2) is 0 Å². The zero-order valence-corrected chi connectivity index (χ0v) is 33.4. The minimum Gasteiger partial charge on any atom is -0.365 e. The third-order valence-corrected chi connectivity index (χ3v) is 15.8. The van der Waals surface area contributed by atoms with Gasteiger partial charge in [-0.15, -0.1) is 0 Å². The Morgan fingerprint density at radius 2 is 0.982 bits per heavy atom. The van der Waals surface area contributed by atoms with E-state index in [1.807, 2.05) is 0 Å². The molecule has 0 bridgehead atoms. The van der Waals surface area contributed by atoms with E-state index in [4.69, 9.17) is 0 Å². The summed E-state index contributed by atoms with van der Waals surface area (Å²) in [6, 6.07) is 45.3. The zero-order chi connectivity index (χ0) is 37.0. The third kappa shape index (κ3) is 6.22. The number of benzene rings is 5. The summed E-state index contributed by atoms with van der Waals surface area (Å²) in [5.41, 5.74) is 12.3. The number of nitrogens with zero attached hydrogens (tertiary/aromatic N) is 2. The largest absolute Gasteiger partial charge is 0.365 e. The molecule has 4 fully saturated rings. The minimum absolute atomic E-state index is 0.665. The van der Waals surface area contributed by atoms with Gasteiger partial charge in [-0.25, -0.2) is 0 Å². The Balaban J connectivity index is 1.08. The van der Waals surface area contributed by atoms with Gasteiger partial charge in [0.25, 0.3) is 0 Å². The quantitative estimate of drug-likeness (QED) is 0.165. The van der Waals surface area contributed by atoms with Crippen LogP contribution >= 0.6 is 0 Å². The molecule has 1 aliphatic heterocycles. The van der Waals surface area contributed by atoms with Gasteiger partial charge in [-0.3, -0.25) is 0 Å². The van der Waals surface area contributed by atoms with E-state index in [0.717, 1.165) is 23.7 Å². The molecule has 0 spiro atoms. The zero-order valence-electron chi connectivity index (χ0n) is 33.4. The SMILES string of the molecule is c1ccc(-c2cc(-c3ccccc3)cc(-n3c4ccccc4c4cc5c(cc43)N(C3CC(C4CCCCC4)C[C@H](C4CCCCC4)C3)C3CCCC[C@@H]53)c2)cc1. The highest BCUT2D eigenvalue weighted by Gasteiger charge is 2.47. The number of aromatic nitrogens is 1. The average molecular weight is 737 g/mol. The molecular weight excluding hydrogens is 677 g/mol. The summed E-state index contributed by atoms with van der Waals surface area (Å²) in [7, 11) is 0. The van der Waals surface area contributed by atoms with Crippen molar-refractivity contribution in [1.82, 2.24) is 4.57 Å². The fourth-order valence-electron chi connectivity index (χ4n) is 13.2. The second-order valence-corrected chi connectivity index (χ2v) is 18.8. The molecule has 5 aromatic carbocycles. The molecule has 0 radical (unpaired) electrons. The van der Waals surface area contributed by atoms with Gasteiger partial charge in [0.1, 0.15) is 0 Å². The van der Waals surface area contributed by atoms with E-state index in [1.54, 1.807) is 11.3 Å². The van der Waals surface area contributed by atoms with Crippen LogP contribution in [-0.2, 0) is 0 Å². The summed E-state index contributed by atoms with van der Waals surface area (Å²) < 4.78 is 2.63. The molecule has 2 nitrogen and oxygen atoms in total. The number of rotatable bonds is 6. The van der Waals surface area contributed by atoms with Crippen LogP contribution in [0.1, 0.15) is 121 Å². The first kappa shape index (κ1) is 34.9. The van der Waals surface area contributed by atoms with Crippen molar-refractivity contribution >= 4 is 27.5 Å². The van der Waals surface area contributed by atoms with Crippen LogP contribution in [0.15, 0.2) is 115 Å². The molecule has 2 heteroatoms. The molecule has 4 saturated carbocycles. The van der Waals surface area contributed by atoms with Crippen LogP contribution in [-0.4, -0.2) is 16.7 Å². The van der Waals surface area contributed by atoms with Crippen LogP contribution in [0, 0.1) is 23.7 Å². The molecule has 3 unspecified atom stereocenters. The lowest BCUT2D eigenvalue weighted by molar-refractivity contribution is 0.0936. The van der Waals surface area contributed by atoms with Gasteiger partial charge < -0.3 is 9.47 Å². The van der Waals surface area contributed by atoms with Crippen molar-refractivity contribution in [1.29, 1.82) is 0 Å². The Kier molecular flexibility index (Phi) is 9.28. The van der Waals surface area contributed by atoms with Gasteiger partial charge in [-0.2, -0.15) is 0 Å². The van der Waals surface area contributed by atoms with Crippen LogP contribution in [0.2, 0.25) is 0 Å². The van der Waals surface area contributed by atoms with Gasteiger partial charge in [-0.05, 0) is 120 Å². The number of anilines is 1. The lowest BCUT2D eigenvalue weighted by atomic mass is 9.64. The van der Waals surface area contributed by atoms with E-state index in [1.165, 1.54) is 159 Å². The van der Waals surface area contributed by atoms with E-state index < -0.39 is 0 Å². The highest BCUT2D eigenvalue weighted by molar-refractivity contribution is 6.11. The lowest BCUT2D eigenvalue weighted by Gasteiger charge is -2.49. The van der Waals surface area contributed by atoms with Crippen molar-refractivity contribution in [3.63, 3.8) is 0 Å². The fourth-order valence-corrected chi connectivity index (χ4v) is 13.2. The van der Waals surface area contributed by atoms with Crippen molar-refractivity contribution in [2.24, 2.45) is 23.7 Å². The number of hydrogen-bond donors (Lipinski definition) is 0. The van der Waals surface area contributed by atoms with E-state index in [2.05, 4.69) is 125 Å². The van der Waals surface area contributed by atoms with E-state index >= 15 is 0 Å². The van der Waals surface area contributed by atoms with Gasteiger partial charge in [0.2, 0.25) is 0 Å². The topological polar surface area (TPSA) is 8.17 Å². The van der Waals surface area contributed by atoms with Crippen molar-refractivity contribution < 1.29 is 0 Å². The molecule has 4 aliphatic carbocycles. The predicted molar refractivity (Wildman–Crippen MR) is 237 cm³/mol. The molecule has 0 amide bonds. The van der Waals surface area contributed by atoms with Crippen molar-refractivity contribution in [2.45, 2.75) is 127 Å². The monoisotopic (exact) mass is 736 g/mol. The van der Waals surface area contributed by atoms with Crippen molar-refractivity contribution in [2.75, 3.05) is 4.90 Å². The Bertz CT molecular complexity index is 2220. The first-order valence-electron chi connectivity index (χ1n) is 22.9. The third-order valence-electron chi connectivity index (χ3n) is 15.8. The molecule has 0 saturated heterocycles. The summed E-state index contributed by atoms with van der Waals surface area (Å²) in [5, 5.41) is 2.82. The molecule has 0 N–H and O–H groups in total. The van der Waals surface area contributed by atoms with Gasteiger partial charge in [0, 0.05) is 40.1 Å². The molecule has 56 heavy (non-hydrogen) atoms. The van der Waals surface area contributed by atoms with Crippen molar-refractivity contribution in [3.05, 3.63) is 121 Å². The van der Waals surface area contributed by atoms with Crippen LogP contribution in [0.3, 0.4) is 0 Å². The van der Waals surface area contributed by atoms with E-state index in [-0.39, 0.29) is 0 Å². The summed E-state index contributed by atoms with van der Waals surface area (Å²) in [5.74, 6) is 4.42. The smallest absolute Gasteiger partial charge is 0.0561 e.